The molecule has 5 heteroatoms. The molecule has 2 amide bonds. The standard InChI is InChI=1S/C19H23N3O2/c1-3-22(4-2)19(24)16-7-5-6-8-17(16)21-18(23)13-14-9-11-15(20)12-10-14/h5-12H,3-4,13,20H2,1-2H3,(H,21,23). The van der Waals surface area contributed by atoms with Crippen molar-refractivity contribution in [1.29, 1.82) is 0 Å². The minimum atomic E-state index is -0.167. The van der Waals surface area contributed by atoms with Crippen LogP contribution in [0.25, 0.3) is 0 Å². The quantitative estimate of drug-likeness (QED) is 0.802. The van der Waals surface area contributed by atoms with Crippen LogP contribution in [-0.2, 0) is 11.2 Å². The van der Waals surface area contributed by atoms with Crippen LogP contribution in [0.2, 0.25) is 0 Å². The average Bonchev–Trinajstić information content (AvgIpc) is 2.58. The molecule has 2 aromatic carbocycles. The van der Waals surface area contributed by atoms with Crippen LogP contribution in [0, 0.1) is 0 Å². The fourth-order valence-electron chi connectivity index (χ4n) is 2.48. The molecule has 0 aliphatic heterocycles. The van der Waals surface area contributed by atoms with Gasteiger partial charge in [0.2, 0.25) is 5.91 Å². The number of carbonyl (C=O) groups is 2. The lowest BCUT2D eigenvalue weighted by Gasteiger charge is -2.20. The zero-order chi connectivity index (χ0) is 17.5. The predicted octanol–water partition coefficient (Wildman–Crippen LogP) is 2.93. The minimum Gasteiger partial charge on any atom is -0.399 e. The van der Waals surface area contributed by atoms with E-state index in [4.69, 9.17) is 5.73 Å². The summed E-state index contributed by atoms with van der Waals surface area (Å²) in [7, 11) is 0. The van der Waals surface area contributed by atoms with Crippen molar-refractivity contribution in [2.24, 2.45) is 0 Å². The van der Waals surface area contributed by atoms with Crippen LogP contribution >= 0.6 is 0 Å². The van der Waals surface area contributed by atoms with E-state index in [0.29, 0.717) is 30.0 Å². The maximum Gasteiger partial charge on any atom is 0.255 e. The molecule has 0 saturated carbocycles. The molecule has 0 aliphatic rings. The molecule has 0 atom stereocenters. The summed E-state index contributed by atoms with van der Waals surface area (Å²) in [5.41, 5.74) is 8.22. The molecule has 2 rings (SSSR count). The zero-order valence-electron chi connectivity index (χ0n) is 14.1. The number of hydrogen-bond donors (Lipinski definition) is 2. The first-order valence-electron chi connectivity index (χ1n) is 8.07. The zero-order valence-corrected chi connectivity index (χ0v) is 14.1. The summed E-state index contributed by atoms with van der Waals surface area (Å²) in [6.45, 7) is 5.12. The second-order valence-corrected chi connectivity index (χ2v) is 5.49. The van der Waals surface area contributed by atoms with Gasteiger partial charge < -0.3 is 16.0 Å². The highest BCUT2D eigenvalue weighted by atomic mass is 16.2. The van der Waals surface area contributed by atoms with E-state index in [-0.39, 0.29) is 18.2 Å². The maximum atomic E-state index is 12.6. The summed E-state index contributed by atoms with van der Waals surface area (Å²) in [6, 6.07) is 14.3. The molecule has 126 valence electrons. The van der Waals surface area contributed by atoms with Gasteiger partial charge in [-0.25, -0.2) is 0 Å². The van der Waals surface area contributed by atoms with E-state index in [2.05, 4.69) is 5.32 Å². The van der Waals surface area contributed by atoms with Crippen molar-refractivity contribution in [2.45, 2.75) is 20.3 Å². The van der Waals surface area contributed by atoms with Crippen molar-refractivity contribution in [3.63, 3.8) is 0 Å². The maximum absolute atomic E-state index is 12.6. The Labute approximate surface area is 142 Å². The van der Waals surface area contributed by atoms with Crippen LogP contribution in [0.15, 0.2) is 48.5 Å². The number of para-hydroxylation sites is 1. The van der Waals surface area contributed by atoms with Gasteiger partial charge in [-0.3, -0.25) is 9.59 Å². The Morgan fingerprint density at radius 2 is 1.62 bits per heavy atom. The van der Waals surface area contributed by atoms with Crippen molar-refractivity contribution in [2.75, 3.05) is 24.1 Å². The van der Waals surface area contributed by atoms with Gasteiger partial charge in [-0.05, 0) is 43.7 Å². The summed E-state index contributed by atoms with van der Waals surface area (Å²) in [5, 5.41) is 2.84. The third-order valence-electron chi connectivity index (χ3n) is 3.83. The third-order valence-corrected chi connectivity index (χ3v) is 3.83. The van der Waals surface area contributed by atoms with Gasteiger partial charge in [0, 0.05) is 18.8 Å². The van der Waals surface area contributed by atoms with E-state index in [1.54, 1.807) is 41.3 Å². The van der Waals surface area contributed by atoms with E-state index in [9.17, 15) is 9.59 Å². The number of anilines is 2. The smallest absolute Gasteiger partial charge is 0.255 e. The van der Waals surface area contributed by atoms with Crippen molar-refractivity contribution in [3.05, 3.63) is 59.7 Å². The van der Waals surface area contributed by atoms with Gasteiger partial charge in [-0.15, -0.1) is 0 Å². The lowest BCUT2D eigenvalue weighted by atomic mass is 10.1. The highest BCUT2D eigenvalue weighted by Gasteiger charge is 2.17. The van der Waals surface area contributed by atoms with Crippen molar-refractivity contribution in [3.8, 4) is 0 Å². The molecule has 0 fully saturated rings. The fraction of sp³-hybridized carbons (Fsp3) is 0.263. The van der Waals surface area contributed by atoms with Gasteiger partial charge in [0.05, 0.1) is 17.7 Å². The molecule has 0 bridgehead atoms. The lowest BCUT2D eigenvalue weighted by Crippen LogP contribution is -2.31. The van der Waals surface area contributed by atoms with Crippen molar-refractivity contribution < 1.29 is 9.59 Å². The van der Waals surface area contributed by atoms with Crippen LogP contribution in [-0.4, -0.2) is 29.8 Å². The van der Waals surface area contributed by atoms with Gasteiger partial charge in [-0.1, -0.05) is 24.3 Å². The number of nitrogens with one attached hydrogen (secondary N) is 1. The van der Waals surface area contributed by atoms with Crippen LogP contribution in [0.5, 0.6) is 0 Å². The Morgan fingerprint density at radius 3 is 2.25 bits per heavy atom. The van der Waals surface area contributed by atoms with E-state index in [1.165, 1.54) is 0 Å². The van der Waals surface area contributed by atoms with Crippen LogP contribution in [0.1, 0.15) is 29.8 Å². The van der Waals surface area contributed by atoms with Crippen molar-refractivity contribution >= 4 is 23.2 Å². The molecule has 0 radical (unpaired) electrons. The van der Waals surface area contributed by atoms with E-state index in [1.807, 2.05) is 26.0 Å². The number of hydrogen-bond acceptors (Lipinski definition) is 3. The Morgan fingerprint density at radius 1 is 1.00 bits per heavy atom. The first-order valence-corrected chi connectivity index (χ1v) is 8.07. The van der Waals surface area contributed by atoms with Gasteiger partial charge in [-0.2, -0.15) is 0 Å². The number of benzene rings is 2. The van der Waals surface area contributed by atoms with Gasteiger partial charge >= 0.3 is 0 Å². The van der Waals surface area contributed by atoms with Crippen LogP contribution in [0.4, 0.5) is 11.4 Å². The van der Waals surface area contributed by atoms with E-state index < -0.39 is 0 Å². The highest BCUT2D eigenvalue weighted by Crippen LogP contribution is 2.18. The summed E-state index contributed by atoms with van der Waals surface area (Å²) < 4.78 is 0. The number of rotatable bonds is 6. The van der Waals surface area contributed by atoms with E-state index >= 15 is 0 Å². The number of nitrogen functional groups attached to an aromatic ring is 1. The largest absolute Gasteiger partial charge is 0.399 e. The number of nitrogens with zero attached hydrogens (tertiary/aromatic N) is 1. The topological polar surface area (TPSA) is 75.4 Å². The van der Waals surface area contributed by atoms with Gasteiger partial charge in [0.15, 0.2) is 0 Å². The first-order chi connectivity index (χ1) is 11.5. The van der Waals surface area contributed by atoms with Gasteiger partial charge in [0.25, 0.3) is 5.91 Å². The molecular formula is C19H23N3O2. The predicted molar refractivity (Wildman–Crippen MR) is 96.9 cm³/mol. The number of carbonyl (C=O) groups excluding carboxylic acids is 2. The summed E-state index contributed by atoms with van der Waals surface area (Å²) >= 11 is 0. The molecule has 0 spiro atoms. The number of amides is 2. The lowest BCUT2D eigenvalue weighted by molar-refractivity contribution is -0.115. The molecule has 3 N–H and O–H groups in total. The van der Waals surface area contributed by atoms with E-state index in [0.717, 1.165) is 5.56 Å². The molecule has 2 aromatic rings. The minimum absolute atomic E-state index is 0.0802. The van der Waals surface area contributed by atoms with Crippen LogP contribution in [0.3, 0.4) is 0 Å². The van der Waals surface area contributed by atoms with Gasteiger partial charge in [0.1, 0.15) is 0 Å². The molecule has 0 aliphatic carbocycles. The highest BCUT2D eigenvalue weighted by molar-refractivity contribution is 6.04. The monoisotopic (exact) mass is 325 g/mol. The third kappa shape index (κ3) is 4.35. The molecule has 0 aromatic heterocycles. The Bertz CT molecular complexity index is 707. The second-order valence-electron chi connectivity index (χ2n) is 5.49. The summed E-state index contributed by atoms with van der Waals surface area (Å²) in [4.78, 5) is 26.6. The summed E-state index contributed by atoms with van der Waals surface area (Å²) in [5.74, 6) is -0.247. The molecule has 5 nitrogen and oxygen atoms in total. The fourth-order valence-corrected chi connectivity index (χ4v) is 2.48. The second kappa shape index (κ2) is 8.15. The summed E-state index contributed by atoms with van der Waals surface area (Å²) in [6.07, 6.45) is 0.230. The molecule has 24 heavy (non-hydrogen) atoms. The Hall–Kier alpha value is -2.82. The first kappa shape index (κ1) is 17.5. The van der Waals surface area contributed by atoms with Crippen molar-refractivity contribution in [1.82, 2.24) is 4.90 Å². The van der Waals surface area contributed by atoms with Crippen LogP contribution < -0.4 is 11.1 Å². The molecular weight excluding hydrogens is 302 g/mol. The average molecular weight is 325 g/mol. The Kier molecular flexibility index (Phi) is 5.95. The SMILES string of the molecule is CCN(CC)C(=O)c1ccccc1NC(=O)Cc1ccc(N)cc1. The Balaban J connectivity index is 2.13. The molecule has 0 unspecified atom stereocenters. The number of nitrogens with two attached hydrogens (primary N) is 1. The molecule has 0 heterocycles. The normalized spacial score (nSPS) is 10.2. The molecule has 0 saturated heterocycles.